The van der Waals surface area contributed by atoms with Gasteiger partial charge in [0, 0.05) is 44.6 Å². The molecule has 1 fully saturated rings. The number of rotatable bonds is 4. The molecule has 2 amide bonds. The molecule has 24 heavy (non-hydrogen) atoms. The summed E-state index contributed by atoms with van der Waals surface area (Å²) in [6, 6.07) is 5.72. The second-order valence-corrected chi connectivity index (χ2v) is 6.16. The van der Waals surface area contributed by atoms with Crippen molar-refractivity contribution in [1.29, 1.82) is 0 Å². The van der Waals surface area contributed by atoms with Gasteiger partial charge in [0.1, 0.15) is 0 Å². The van der Waals surface area contributed by atoms with Crippen LogP contribution in [0.4, 0.5) is 4.79 Å². The highest BCUT2D eigenvalue weighted by atomic mass is 16.5. The van der Waals surface area contributed by atoms with Crippen molar-refractivity contribution >= 4 is 6.03 Å². The first-order valence-electron chi connectivity index (χ1n) is 8.22. The predicted molar refractivity (Wildman–Crippen MR) is 89.3 cm³/mol. The van der Waals surface area contributed by atoms with Gasteiger partial charge in [0.05, 0.1) is 18.3 Å². The third-order valence-electron chi connectivity index (χ3n) is 4.24. The SMILES string of the molecule is Cc1cc(CN2CCN(C(=O)N[C@H](C)c3cccnc3)CC2)on1. The number of piperazine rings is 1. The molecule has 7 heteroatoms. The molecule has 1 atom stereocenters. The van der Waals surface area contributed by atoms with Crippen LogP contribution in [0.25, 0.3) is 0 Å². The van der Waals surface area contributed by atoms with Gasteiger partial charge in [-0.05, 0) is 25.5 Å². The Balaban J connectivity index is 1.46. The van der Waals surface area contributed by atoms with Gasteiger partial charge in [-0.25, -0.2) is 4.79 Å². The molecule has 0 radical (unpaired) electrons. The Morgan fingerprint density at radius 2 is 2.17 bits per heavy atom. The van der Waals surface area contributed by atoms with Crippen LogP contribution in [0.5, 0.6) is 0 Å². The molecule has 0 bridgehead atoms. The van der Waals surface area contributed by atoms with E-state index in [2.05, 4.69) is 20.4 Å². The molecular weight excluding hydrogens is 306 g/mol. The van der Waals surface area contributed by atoms with Gasteiger partial charge in [-0.1, -0.05) is 11.2 Å². The second-order valence-electron chi connectivity index (χ2n) is 6.16. The van der Waals surface area contributed by atoms with Gasteiger partial charge in [0.25, 0.3) is 0 Å². The first-order chi connectivity index (χ1) is 11.6. The third kappa shape index (κ3) is 4.11. The van der Waals surface area contributed by atoms with Crippen LogP contribution in [0, 0.1) is 6.92 Å². The Morgan fingerprint density at radius 1 is 1.38 bits per heavy atom. The van der Waals surface area contributed by atoms with Crippen molar-refractivity contribution in [2.75, 3.05) is 26.2 Å². The van der Waals surface area contributed by atoms with Gasteiger partial charge in [-0.2, -0.15) is 0 Å². The maximum absolute atomic E-state index is 12.4. The number of amides is 2. The van der Waals surface area contributed by atoms with E-state index in [9.17, 15) is 4.79 Å². The summed E-state index contributed by atoms with van der Waals surface area (Å²) in [7, 11) is 0. The Morgan fingerprint density at radius 3 is 2.79 bits per heavy atom. The Labute approximate surface area is 141 Å². The summed E-state index contributed by atoms with van der Waals surface area (Å²) < 4.78 is 5.25. The number of aryl methyl sites for hydroxylation is 1. The van der Waals surface area contributed by atoms with Crippen LogP contribution in [0.1, 0.15) is 30.0 Å². The minimum Gasteiger partial charge on any atom is -0.360 e. The fourth-order valence-corrected chi connectivity index (χ4v) is 2.81. The third-order valence-corrected chi connectivity index (χ3v) is 4.24. The lowest BCUT2D eigenvalue weighted by molar-refractivity contribution is 0.126. The molecule has 1 aliphatic heterocycles. The number of carbonyl (C=O) groups excluding carboxylic acids is 1. The lowest BCUT2D eigenvalue weighted by atomic mass is 10.1. The number of nitrogens with one attached hydrogen (secondary N) is 1. The Hall–Kier alpha value is -2.41. The summed E-state index contributed by atoms with van der Waals surface area (Å²) in [4.78, 5) is 20.6. The zero-order valence-electron chi connectivity index (χ0n) is 14.1. The van der Waals surface area contributed by atoms with E-state index in [0.29, 0.717) is 13.1 Å². The summed E-state index contributed by atoms with van der Waals surface area (Å²) in [5.41, 5.74) is 1.90. The van der Waals surface area contributed by atoms with Crippen LogP contribution >= 0.6 is 0 Å². The molecule has 7 nitrogen and oxygen atoms in total. The maximum atomic E-state index is 12.4. The average Bonchev–Trinajstić information content (AvgIpc) is 3.01. The van der Waals surface area contributed by atoms with Gasteiger partial charge in [-0.15, -0.1) is 0 Å². The van der Waals surface area contributed by atoms with E-state index in [4.69, 9.17) is 4.52 Å². The Bertz CT molecular complexity index is 665. The van der Waals surface area contributed by atoms with E-state index in [0.717, 1.165) is 36.7 Å². The normalized spacial score (nSPS) is 16.8. The number of nitrogens with zero attached hydrogens (tertiary/aromatic N) is 4. The van der Waals surface area contributed by atoms with Gasteiger partial charge in [-0.3, -0.25) is 9.88 Å². The number of carbonyl (C=O) groups is 1. The van der Waals surface area contributed by atoms with E-state index in [1.165, 1.54) is 0 Å². The van der Waals surface area contributed by atoms with E-state index >= 15 is 0 Å². The summed E-state index contributed by atoms with van der Waals surface area (Å²) in [5.74, 6) is 0.871. The van der Waals surface area contributed by atoms with E-state index in [1.807, 2.05) is 36.9 Å². The summed E-state index contributed by atoms with van der Waals surface area (Å²) in [6.07, 6.45) is 3.51. The van der Waals surface area contributed by atoms with E-state index < -0.39 is 0 Å². The van der Waals surface area contributed by atoms with Gasteiger partial charge in [0.2, 0.25) is 0 Å². The fourth-order valence-electron chi connectivity index (χ4n) is 2.81. The lowest BCUT2D eigenvalue weighted by Crippen LogP contribution is -2.51. The minimum atomic E-state index is -0.0543. The monoisotopic (exact) mass is 329 g/mol. The van der Waals surface area contributed by atoms with Gasteiger partial charge >= 0.3 is 6.03 Å². The molecule has 2 aromatic heterocycles. The van der Waals surface area contributed by atoms with Crippen molar-refractivity contribution in [2.45, 2.75) is 26.4 Å². The molecule has 0 unspecified atom stereocenters. The van der Waals surface area contributed by atoms with Crippen LogP contribution in [0.15, 0.2) is 35.1 Å². The second kappa shape index (κ2) is 7.44. The molecule has 0 aliphatic carbocycles. The van der Waals surface area contributed by atoms with E-state index in [-0.39, 0.29) is 12.1 Å². The van der Waals surface area contributed by atoms with Crippen molar-refractivity contribution in [3.63, 3.8) is 0 Å². The minimum absolute atomic E-state index is 0.0264. The van der Waals surface area contributed by atoms with Gasteiger partial charge < -0.3 is 14.7 Å². The first-order valence-corrected chi connectivity index (χ1v) is 8.22. The van der Waals surface area contributed by atoms with Crippen LogP contribution < -0.4 is 5.32 Å². The molecule has 1 N–H and O–H groups in total. The molecule has 0 aromatic carbocycles. The standard InChI is InChI=1S/C17H23N5O2/c1-13-10-16(24-20-13)12-21-6-8-22(9-7-21)17(23)19-14(2)15-4-3-5-18-11-15/h3-5,10-11,14H,6-9,12H2,1-2H3,(H,19,23)/t14-/m1/s1. The van der Waals surface area contributed by atoms with E-state index in [1.54, 1.807) is 12.4 Å². The number of aromatic nitrogens is 2. The largest absolute Gasteiger partial charge is 0.360 e. The van der Waals surface area contributed by atoms with Crippen LogP contribution in [0.2, 0.25) is 0 Å². The molecule has 1 saturated heterocycles. The number of hydrogen-bond acceptors (Lipinski definition) is 5. The van der Waals surface area contributed by atoms with Crippen molar-refractivity contribution in [1.82, 2.24) is 25.3 Å². The number of urea groups is 1. The molecule has 2 aromatic rings. The summed E-state index contributed by atoms with van der Waals surface area (Å²) >= 11 is 0. The first kappa shape index (κ1) is 16.4. The zero-order chi connectivity index (χ0) is 16.9. The molecule has 0 saturated carbocycles. The lowest BCUT2D eigenvalue weighted by Gasteiger charge is -2.34. The highest BCUT2D eigenvalue weighted by Gasteiger charge is 2.23. The number of hydrogen-bond donors (Lipinski definition) is 1. The van der Waals surface area contributed by atoms with Crippen LogP contribution in [-0.2, 0) is 6.54 Å². The molecule has 3 rings (SSSR count). The van der Waals surface area contributed by atoms with Crippen molar-refractivity contribution in [3.8, 4) is 0 Å². The highest BCUT2D eigenvalue weighted by Crippen LogP contribution is 2.13. The topological polar surface area (TPSA) is 74.5 Å². The smallest absolute Gasteiger partial charge is 0.317 e. The highest BCUT2D eigenvalue weighted by molar-refractivity contribution is 5.74. The molecule has 128 valence electrons. The fraction of sp³-hybridized carbons (Fsp3) is 0.471. The quantitative estimate of drug-likeness (QED) is 0.928. The Kier molecular flexibility index (Phi) is 5.10. The molecular formula is C17H23N5O2. The van der Waals surface area contributed by atoms with Crippen LogP contribution in [0.3, 0.4) is 0 Å². The molecule has 3 heterocycles. The molecule has 0 spiro atoms. The summed E-state index contributed by atoms with van der Waals surface area (Å²) in [5, 5.41) is 6.94. The average molecular weight is 329 g/mol. The summed E-state index contributed by atoms with van der Waals surface area (Å²) in [6.45, 7) is 7.69. The number of pyridine rings is 1. The molecule has 1 aliphatic rings. The van der Waals surface area contributed by atoms with Crippen molar-refractivity contribution in [3.05, 3.63) is 47.6 Å². The van der Waals surface area contributed by atoms with Crippen molar-refractivity contribution < 1.29 is 9.32 Å². The predicted octanol–water partition coefficient (Wildman–Crippen LogP) is 1.97. The van der Waals surface area contributed by atoms with Crippen molar-refractivity contribution in [2.24, 2.45) is 0 Å². The van der Waals surface area contributed by atoms with Crippen LogP contribution in [-0.4, -0.2) is 52.2 Å². The zero-order valence-corrected chi connectivity index (χ0v) is 14.1. The van der Waals surface area contributed by atoms with Gasteiger partial charge in [0.15, 0.2) is 5.76 Å². The maximum Gasteiger partial charge on any atom is 0.317 e.